The first kappa shape index (κ1) is 12.0. The summed E-state index contributed by atoms with van der Waals surface area (Å²) in [5.41, 5.74) is 3.91. The summed E-state index contributed by atoms with van der Waals surface area (Å²) in [4.78, 5) is 0. The van der Waals surface area contributed by atoms with Gasteiger partial charge in [-0.25, -0.2) is 0 Å². The number of nitrogens with zero attached hydrogens (tertiary/aromatic N) is 2. The Labute approximate surface area is 102 Å². The minimum Gasteiger partial charge on any atom is -0.316 e. The van der Waals surface area contributed by atoms with Gasteiger partial charge in [0, 0.05) is 17.8 Å². The summed E-state index contributed by atoms with van der Waals surface area (Å²) < 4.78 is 2.27. The lowest BCUT2D eigenvalue weighted by Gasteiger charge is -2.23. The van der Waals surface area contributed by atoms with E-state index in [1.54, 1.807) is 0 Å². The number of aromatic nitrogens is 2. The first-order valence-corrected chi connectivity index (χ1v) is 7.16. The van der Waals surface area contributed by atoms with E-state index in [2.05, 4.69) is 35.6 Å². The smallest absolute Gasteiger partial charge is 0.0641 e. The van der Waals surface area contributed by atoms with Crippen LogP contribution in [-0.4, -0.2) is 28.3 Å². The van der Waals surface area contributed by atoms with Crippen molar-refractivity contribution in [1.82, 2.24) is 15.1 Å². The van der Waals surface area contributed by atoms with Gasteiger partial charge in [-0.15, -0.1) is 0 Å². The summed E-state index contributed by atoms with van der Waals surface area (Å²) in [6, 6.07) is 0.630. The third kappa shape index (κ3) is 2.28. The molecule has 0 aromatic carbocycles. The molecule has 2 rings (SSSR count). The molecule has 1 aromatic heterocycles. The summed E-state index contributed by atoms with van der Waals surface area (Å²) in [5, 5.41) is 7.94. The van der Waals surface area contributed by atoms with Crippen molar-refractivity contribution in [3.63, 3.8) is 0 Å². The van der Waals surface area contributed by atoms with Crippen LogP contribution in [0.4, 0.5) is 0 Å². The number of aryl methyl sites for hydroxylation is 1. The molecule has 0 unspecified atom stereocenters. The maximum Gasteiger partial charge on any atom is 0.0641 e. The molecule has 1 saturated heterocycles. The third-order valence-corrected chi connectivity index (χ3v) is 4.41. The monoisotopic (exact) mass is 239 g/mol. The van der Waals surface area contributed by atoms with Crippen molar-refractivity contribution in [1.29, 1.82) is 0 Å². The van der Waals surface area contributed by atoms with Crippen LogP contribution in [0.25, 0.3) is 0 Å². The zero-order valence-corrected chi connectivity index (χ0v) is 11.2. The van der Waals surface area contributed by atoms with Crippen LogP contribution in [-0.2, 0) is 6.54 Å². The van der Waals surface area contributed by atoms with Gasteiger partial charge >= 0.3 is 0 Å². The maximum absolute atomic E-state index is 4.72. The highest BCUT2D eigenvalue weighted by molar-refractivity contribution is 7.99. The van der Waals surface area contributed by atoms with Gasteiger partial charge in [-0.2, -0.15) is 16.9 Å². The van der Waals surface area contributed by atoms with Crippen LogP contribution in [0.2, 0.25) is 0 Å². The maximum atomic E-state index is 4.72. The van der Waals surface area contributed by atoms with E-state index >= 15 is 0 Å². The van der Waals surface area contributed by atoms with E-state index in [-0.39, 0.29) is 0 Å². The fourth-order valence-corrected chi connectivity index (χ4v) is 3.50. The second-order valence-corrected chi connectivity index (χ2v) is 5.69. The van der Waals surface area contributed by atoms with E-state index in [1.165, 1.54) is 41.3 Å². The first-order chi connectivity index (χ1) is 7.74. The van der Waals surface area contributed by atoms with E-state index < -0.39 is 0 Å². The molecule has 0 saturated carbocycles. The van der Waals surface area contributed by atoms with Gasteiger partial charge < -0.3 is 5.32 Å². The van der Waals surface area contributed by atoms with Gasteiger partial charge in [0.15, 0.2) is 0 Å². The van der Waals surface area contributed by atoms with Crippen molar-refractivity contribution in [3.8, 4) is 0 Å². The van der Waals surface area contributed by atoms with Crippen LogP contribution >= 0.6 is 11.8 Å². The summed E-state index contributed by atoms with van der Waals surface area (Å²) >= 11 is 2.07. The lowest BCUT2D eigenvalue weighted by Crippen LogP contribution is -2.18. The van der Waals surface area contributed by atoms with Crippen LogP contribution in [0.3, 0.4) is 0 Å². The Bertz CT molecular complexity index is 353. The molecule has 1 fully saturated rings. The van der Waals surface area contributed by atoms with Crippen molar-refractivity contribution in [2.75, 3.05) is 18.6 Å². The molecule has 0 bridgehead atoms. The van der Waals surface area contributed by atoms with E-state index in [0.29, 0.717) is 6.04 Å². The van der Waals surface area contributed by atoms with Crippen LogP contribution in [0.5, 0.6) is 0 Å². The molecule has 0 spiro atoms. The van der Waals surface area contributed by atoms with E-state index in [0.717, 1.165) is 6.54 Å². The third-order valence-electron chi connectivity index (χ3n) is 3.37. The van der Waals surface area contributed by atoms with Crippen LogP contribution in [0.15, 0.2) is 0 Å². The molecule has 1 N–H and O–H groups in total. The van der Waals surface area contributed by atoms with Gasteiger partial charge in [0.25, 0.3) is 0 Å². The van der Waals surface area contributed by atoms with Crippen molar-refractivity contribution in [3.05, 3.63) is 17.0 Å². The molecule has 0 amide bonds. The Morgan fingerprint density at radius 2 is 2.06 bits per heavy atom. The van der Waals surface area contributed by atoms with Crippen LogP contribution in [0, 0.1) is 13.8 Å². The zero-order valence-electron chi connectivity index (χ0n) is 10.4. The Hall–Kier alpha value is -0.480. The summed E-state index contributed by atoms with van der Waals surface area (Å²) in [6.45, 7) is 5.25. The van der Waals surface area contributed by atoms with E-state index in [9.17, 15) is 0 Å². The molecule has 0 atom stereocenters. The molecule has 1 aromatic rings. The van der Waals surface area contributed by atoms with Gasteiger partial charge in [0.05, 0.1) is 11.7 Å². The highest BCUT2D eigenvalue weighted by Crippen LogP contribution is 2.29. The van der Waals surface area contributed by atoms with Gasteiger partial charge in [0.1, 0.15) is 0 Å². The quantitative estimate of drug-likeness (QED) is 0.877. The van der Waals surface area contributed by atoms with Crippen molar-refractivity contribution < 1.29 is 0 Å². The highest BCUT2D eigenvalue weighted by atomic mass is 32.2. The van der Waals surface area contributed by atoms with E-state index in [1.807, 2.05) is 7.05 Å². The standard InChI is InChI=1S/C12H21N3S/c1-9-12(8-13-3)10(2)15(14-9)11-4-6-16-7-5-11/h11,13H,4-8H2,1-3H3. The van der Waals surface area contributed by atoms with E-state index in [4.69, 9.17) is 5.10 Å². The molecule has 4 heteroatoms. The normalized spacial score (nSPS) is 17.9. The molecule has 3 nitrogen and oxygen atoms in total. The molecular weight excluding hydrogens is 218 g/mol. The summed E-state index contributed by atoms with van der Waals surface area (Å²) in [7, 11) is 1.99. The lowest BCUT2D eigenvalue weighted by molar-refractivity contribution is 0.416. The zero-order chi connectivity index (χ0) is 11.5. The predicted octanol–water partition coefficient (Wildman–Crippen LogP) is 2.29. The number of thioether (sulfide) groups is 1. The molecule has 0 aliphatic carbocycles. The Kier molecular flexibility index (Phi) is 3.92. The molecule has 2 heterocycles. The molecule has 1 aliphatic rings. The fraction of sp³-hybridized carbons (Fsp3) is 0.750. The minimum atomic E-state index is 0.630. The first-order valence-electron chi connectivity index (χ1n) is 6.01. The van der Waals surface area contributed by atoms with Crippen molar-refractivity contribution >= 4 is 11.8 Å². The Morgan fingerprint density at radius 3 is 2.69 bits per heavy atom. The number of rotatable bonds is 3. The molecule has 1 aliphatic heterocycles. The number of hydrogen-bond donors (Lipinski definition) is 1. The molecule has 16 heavy (non-hydrogen) atoms. The Balaban J connectivity index is 2.23. The van der Waals surface area contributed by atoms with Gasteiger partial charge in [0.2, 0.25) is 0 Å². The average molecular weight is 239 g/mol. The van der Waals surface area contributed by atoms with Crippen molar-refractivity contribution in [2.45, 2.75) is 39.3 Å². The van der Waals surface area contributed by atoms with Gasteiger partial charge in [-0.3, -0.25) is 4.68 Å². The average Bonchev–Trinajstić information content (AvgIpc) is 2.59. The van der Waals surface area contributed by atoms with Crippen LogP contribution < -0.4 is 5.32 Å². The second kappa shape index (κ2) is 5.23. The van der Waals surface area contributed by atoms with Crippen LogP contribution in [0.1, 0.15) is 35.8 Å². The Morgan fingerprint density at radius 1 is 1.38 bits per heavy atom. The van der Waals surface area contributed by atoms with Gasteiger partial charge in [-0.05, 0) is 45.2 Å². The minimum absolute atomic E-state index is 0.630. The topological polar surface area (TPSA) is 29.9 Å². The summed E-state index contributed by atoms with van der Waals surface area (Å²) in [6.07, 6.45) is 2.54. The summed E-state index contributed by atoms with van der Waals surface area (Å²) in [5.74, 6) is 2.56. The lowest BCUT2D eigenvalue weighted by atomic mass is 10.1. The molecule has 90 valence electrons. The molecular formula is C12H21N3S. The highest BCUT2D eigenvalue weighted by Gasteiger charge is 2.20. The number of hydrogen-bond acceptors (Lipinski definition) is 3. The fourth-order valence-electron chi connectivity index (χ4n) is 2.41. The van der Waals surface area contributed by atoms with Gasteiger partial charge in [-0.1, -0.05) is 0 Å². The SMILES string of the molecule is CNCc1c(C)nn(C2CCSCC2)c1C. The largest absolute Gasteiger partial charge is 0.316 e. The van der Waals surface area contributed by atoms with Crippen molar-refractivity contribution in [2.24, 2.45) is 0 Å². The molecule has 0 radical (unpaired) electrons. The predicted molar refractivity (Wildman–Crippen MR) is 70.1 cm³/mol. The second-order valence-electron chi connectivity index (χ2n) is 4.47. The number of nitrogens with one attached hydrogen (secondary N) is 1.